The van der Waals surface area contributed by atoms with Crippen LogP contribution in [-0.4, -0.2) is 9.97 Å². The first-order valence-corrected chi connectivity index (χ1v) is 4.86. The van der Waals surface area contributed by atoms with E-state index in [1.54, 1.807) is 18.5 Å². The van der Waals surface area contributed by atoms with E-state index in [0.717, 1.165) is 5.56 Å². The summed E-state index contributed by atoms with van der Waals surface area (Å²) in [6, 6.07) is 9.64. The molecule has 1 atom stereocenters. The van der Waals surface area contributed by atoms with Gasteiger partial charge in [0.2, 0.25) is 0 Å². The first-order chi connectivity index (χ1) is 7.27. The minimum absolute atomic E-state index is 0.244. The van der Waals surface area contributed by atoms with Crippen LogP contribution in [0.25, 0.3) is 0 Å². The van der Waals surface area contributed by atoms with Crippen molar-refractivity contribution in [1.82, 2.24) is 9.97 Å². The van der Waals surface area contributed by atoms with Crippen molar-refractivity contribution in [3.8, 4) is 0 Å². The maximum absolute atomic E-state index is 6.04. The monoisotopic (exact) mass is 199 g/mol. The lowest BCUT2D eigenvalue weighted by atomic mass is 10.1. The van der Waals surface area contributed by atoms with Crippen molar-refractivity contribution in [2.45, 2.75) is 13.0 Å². The van der Waals surface area contributed by atoms with Crippen molar-refractivity contribution < 1.29 is 0 Å². The van der Waals surface area contributed by atoms with E-state index in [2.05, 4.69) is 9.97 Å². The van der Waals surface area contributed by atoms with Crippen LogP contribution in [0.1, 0.15) is 23.0 Å². The van der Waals surface area contributed by atoms with Gasteiger partial charge >= 0.3 is 0 Å². The second-order valence-electron chi connectivity index (χ2n) is 3.50. The van der Waals surface area contributed by atoms with Crippen LogP contribution in [0.5, 0.6) is 0 Å². The van der Waals surface area contributed by atoms with E-state index in [1.165, 1.54) is 5.56 Å². The van der Waals surface area contributed by atoms with Crippen molar-refractivity contribution in [2.75, 3.05) is 0 Å². The molecule has 3 heteroatoms. The summed E-state index contributed by atoms with van der Waals surface area (Å²) in [6.07, 6.45) is 3.41. The van der Waals surface area contributed by atoms with Gasteiger partial charge in [-0.3, -0.25) is 0 Å². The van der Waals surface area contributed by atoms with Crippen LogP contribution in [0.3, 0.4) is 0 Å². The molecule has 0 saturated carbocycles. The Balaban J connectivity index is 2.29. The molecule has 2 rings (SSSR count). The Bertz CT molecular complexity index is 422. The molecule has 0 aliphatic rings. The van der Waals surface area contributed by atoms with Gasteiger partial charge in [-0.05, 0) is 18.6 Å². The molecule has 0 fully saturated rings. The standard InChI is InChI=1S/C12H13N3/c1-9-3-5-10(6-4-9)11(13)12-14-7-2-8-15-12/h2-8,11H,13H2,1H3/t11-/m0/s1. The number of rotatable bonds is 2. The molecule has 0 aliphatic carbocycles. The van der Waals surface area contributed by atoms with Gasteiger partial charge in [-0.15, -0.1) is 0 Å². The third kappa shape index (κ3) is 2.19. The third-order valence-corrected chi connectivity index (χ3v) is 2.30. The van der Waals surface area contributed by atoms with Crippen LogP contribution in [0.15, 0.2) is 42.7 Å². The van der Waals surface area contributed by atoms with Gasteiger partial charge < -0.3 is 5.73 Å². The lowest BCUT2D eigenvalue weighted by molar-refractivity contribution is 0.780. The van der Waals surface area contributed by atoms with E-state index < -0.39 is 0 Å². The van der Waals surface area contributed by atoms with Gasteiger partial charge in [0.1, 0.15) is 5.82 Å². The van der Waals surface area contributed by atoms with E-state index in [1.807, 2.05) is 31.2 Å². The van der Waals surface area contributed by atoms with Crippen LogP contribution in [-0.2, 0) is 0 Å². The molecule has 0 amide bonds. The number of aromatic nitrogens is 2. The van der Waals surface area contributed by atoms with Crippen LogP contribution in [0, 0.1) is 6.92 Å². The summed E-state index contributed by atoms with van der Waals surface area (Å²) in [6.45, 7) is 2.05. The highest BCUT2D eigenvalue weighted by atomic mass is 14.9. The lowest BCUT2D eigenvalue weighted by Crippen LogP contribution is -2.14. The van der Waals surface area contributed by atoms with Crippen LogP contribution in [0.4, 0.5) is 0 Å². The fraction of sp³-hybridized carbons (Fsp3) is 0.167. The fourth-order valence-corrected chi connectivity index (χ4v) is 1.39. The summed E-state index contributed by atoms with van der Waals surface area (Å²) in [5.74, 6) is 0.654. The molecule has 1 aromatic heterocycles. The Hall–Kier alpha value is -1.74. The second kappa shape index (κ2) is 4.19. The Labute approximate surface area is 89.0 Å². The van der Waals surface area contributed by atoms with Crippen LogP contribution in [0.2, 0.25) is 0 Å². The quantitative estimate of drug-likeness (QED) is 0.802. The molecule has 3 nitrogen and oxygen atoms in total. The van der Waals surface area contributed by atoms with Crippen molar-refractivity contribution in [1.29, 1.82) is 0 Å². The molecule has 1 heterocycles. The average Bonchev–Trinajstić information content (AvgIpc) is 2.30. The SMILES string of the molecule is Cc1ccc([C@H](N)c2ncccn2)cc1. The Kier molecular flexibility index (Phi) is 2.74. The smallest absolute Gasteiger partial charge is 0.149 e. The van der Waals surface area contributed by atoms with E-state index in [0.29, 0.717) is 5.82 Å². The maximum atomic E-state index is 6.04. The first-order valence-electron chi connectivity index (χ1n) is 4.86. The topological polar surface area (TPSA) is 51.8 Å². The van der Waals surface area contributed by atoms with Gasteiger partial charge in [0, 0.05) is 12.4 Å². The molecule has 0 unspecified atom stereocenters. The van der Waals surface area contributed by atoms with Gasteiger partial charge in [-0.25, -0.2) is 9.97 Å². The molecular formula is C12H13N3. The predicted molar refractivity (Wildman–Crippen MR) is 59.2 cm³/mol. The van der Waals surface area contributed by atoms with Gasteiger partial charge in [-0.1, -0.05) is 29.8 Å². The number of nitrogens with zero attached hydrogens (tertiary/aromatic N) is 2. The Morgan fingerprint density at radius 1 is 1.07 bits per heavy atom. The van der Waals surface area contributed by atoms with Crippen molar-refractivity contribution >= 4 is 0 Å². The summed E-state index contributed by atoms with van der Waals surface area (Å²) < 4.78 is 0. The highest BCUT2D eigenvalue weighted by Crippen LogP contribution is 2.15. The van der Waals surface area contributed by atoms with E-state index >= 15 is 0 Å². The molecule has 2 aromatic rings. The van der Waals surface area contributed by atoms with Crippen molar-refractivity contribution in [3.63, 3.8) is 0 Å². The minimum atomic E-state index is -0.244. The Morgan fingerprint density at radius 3 is 2.27 bits per heavy atom. The number of nitrogens with two attached hydrogens (primary N) is 1. The molecule has 0 aliphatic heterocycles. The van der Waals surface area contributed by atoms with Crippen molar-refractivity contribution in [2.24, 2.45) is 5.73 Å². The van der Waals surface area contributed by atoms with E-state index in [4.69, 9.17) is 5.73 Å². The highest BCUT2D eigenvalue weighted by molar-refractivity contribution is 5.27. The molecular weight excluding hydrogens is 186 g/mol. The molecule has 1 aromatic carbocycles. The minimum Gasteiger partial charge on any atom is -0.318 e. The van der Waals surface area contributed by atoms with Crippen LogP contribution < -0.4 is 5.73 Å². The van der Waals surface area contributed by atoms with Gasteiger partial charge in [-0.2, -0.15) is 0 Å². The highest BCUT2D eigenvalue weighted by Gasteiger charge is 2.10. The van der Waals surface area contributed by atoms with E-state index in [9.17, 15) is 0 Å². The number of benzene rings is 1. The third-order valence-electron chi connectivity index (χ3n) is 2.30. The summed E-state index contributed by atoms with van der Waals surface area (Å²) in [5, 5.41) is 0. The van der Waals surface area contributed by atoms with Gasteiger partial charge in [0.05, 0.1) is 6.04 Å². The van der Waals surface area contributed by atoms with Crippen LogP contribution >= 0.6 is 0 Å². The zero-order valence-corrected chi connectivity index (χ0v) is 8.59. The summed E-state index contributed by atoms with van der Waals surface area (Å²) in [5.41, 5.74) is 8.30. The fourth-order valence-electron chi connectivity index (χ4n) is 1.39. The normalized spacial score (nSPS) is 12.4. The van der Waals surface area contributed by atoms with Crippen molar-refractivity contribution in [3.05, 3.63) is 59.7 Å². The maximum Gasteiger partial charge on any atom is 0.149 e. The number of hydrogen-bond acceptors (Lipinski definition) is 3. The average molecular weight is 199 g/mol. The zero-order valence-electron chi connectivity index (χ0n) is 8.59. The molecule has 76 valence electrons. The molecule has 0 bridgehead atoms. The Morgan fingerprint density at radius 2 is 1.67 bits per heavy atom. The number of aryl methyl sites for hydroxylation is 1. The summed E-state index contributed by atoms with van der Waals surface area (Å²) in [7, 11) is 0. The predicted octanol–water partition coefficient (Wildman–Crippen LogP) is 1.83. The molecule has 0 saturated heterocycles. The van der Waals surface area contributed by atoms with Gasteiger partial charge in [0.15, 0.2) is 0 Å². The second-order valence-corrected chi connectivity index (χ2v) is 3.50. The molecule has 0 spiro atoms. The van der Waals surface area contributed by atoms with Gasteiger partial charge in [0.25, 0.3) is 0 Å². The zero-order chi connectivity index (χ0) is 10.7. The molecule has 0 radical (unpaired) electrons. The largest absolute Gasteiger partial charge is 0.318 e. The molecule has 15 heavy (non-hydrogen) atoms. The number of hydrogen-bond donors (Lipinski definition) is 1. The lowest BCUT2D eigenvalue weighted by Gasteiger charge is -2.10. The summed E-state index contributed by atoms with van der Waals surface area (Å²) in [4.78, 5) is 8.28. The van der Waals surface area contributed by atoms with E-state index in [-0.39, 0.29) is 6.04 Å². The summed E-state index contributed by atoms with van der Waals surface area (Å²) >= 11 is 0. The molecule has 2 N–H and O–H groups in total. The first kappa shape index (κ1) is 9.80.